The molecule has 4 heteroatoms. The predicted octanol–water partition coefficient (Wildman–Crippen LogP) is 3.79. The molecule has 0 radical (unpaired) electrons. The SMILES string of the molecule is FI(F)c1cccc(Cl)c1. The van der Waals surface area contributed by atoms with Crippen LogP contribution in [0.25, 0.3) is 0 Å². The Morgan fingerprint density at radius 3 is 2.40 bits per heavy atom. The van der Waals surface area contributed by atoms with Gasteiger partial charge in [-0.05, 0) is 0 Å². The van der Waals surface area contributed by atoms with Gasteiger partial charge in [0, 0.05) is 0 Å². The Labute approximate surface area is 71.1 Å². The molecule has 0 aromatic heterocycles. The van der Waals surface area contributed by atoms with Crippen molar-refractivity contribution in [3.8, 4) is 0 Å². The Hall–Kier alpha value is 0.1000. The number of benzene rings is 1. The third kappa shape index (κ3) is 2.05. The van der Waals surface area contributed by atoms with Gasteiger partial charge >= 0.3 is 71.1 Å². The zero-order valence-electron chi connectivity index (χ0n) is 4.82. The molecule has 0 bridgehead atoms. The molecule has 1 aromatic carbocycles. The third-order valence-electron chi connectivity index (χ3n) is 0.952. The molecule has 0 N–H and O–H groups in total. The summed E-state index contributed by atoms with van der Waals surface area (Å²) in [6, 6.07) is 5.87. The molecule has 0 saturated heterocycles. The first-order valence-electron chi connectivity index (χ1n) is 2.49. The second-order valence-corrected chi connectivity index (χ2v) is 4.44. The Morgan fingerprint density at radius 2 is 2.00 bits per heavy atom. The topological polar surface area (TPSA) is 0 Å². The molecule has 0 atom stereocenters. The van der Waals surface area contributed by atoms with Crippen molar-refractivity contribution in [1.29, 1.82) is 0 Å². The molecule has 10 heavy (non-hydrogen) atoms. The zero-order valence-corrected chi connectivity index (χ0v) is 7.73. The van der Waals surface area contributed by atoms with Gasteiger partial charge in [-0.3, -0.25) is 0 Å². The van der Waals surface area contributed by atoms with E-state index in [-0.39, 0.29) is 3.57 Å². The summed E-state index contributed by atoms with van der Waals surface area (Å²) in [6.07, 6.45) is 0. The van der Waals surface area contributed by atoms with Gasteiger partial charge in [0.25, 0.3) is 0 Å². The van der Waals surface area contributed by atoms with Crippen LogP contribution in [-0.4, -0.2) is 0 Å². The van der Waals surface area contributed by atoms with Gasteiger partial charge in [-0.15, -0.1) is 0 Å². The van der Waals surface area contributed by atoms with E-state index in [0.29, 0.717) is 5.02 Å². The fourth-order valence-corrected chi connectivity index (χ4v) is 1.97. The third-order valence-corrected chi connectivity index (χ3v) is 2.80. The molecule has 0 aliphatic carbocycles. The molecule has 0 amide bonds. The van der Waals surface area contributed by atoms with E-state index in [2.05, 4.69) is 0 Å². The number of rotatable bonds is 1. The molecular formula is C6H4ClF2I. The first kappa shape index (κ1) is 8.20. The van der Waals surface area contributed by atoms with Crippen molar-refractivity contribution in [3.63, 3.8) is 0 Å². The van der Waals surface area contributed by atoms with Crippen LogP contribution in [-0.2, 0) is 0 Å². The van der Waals surface area contributed by atoms with E-state index in [1.165, 1.54) is 12.1 Å². The fourth-order valence-electron chi connectivity index (χ4n) is 0.549. The summed E-state index contributed by atoms with van der Waals surface area (Å²) in [7, 11) is 0. The quantitative estimate of drug-likeness (QED) is 0.685. The van der Waals surface area contributed by atoms with E-state index in [4.69, 9.17) is 11.6 Å². The van der Waals surface area contributed by atoms with Crippen molar-refractivity contribution in [2.75, 3.05) is 0 Å². The van der Waals surface area contributed by atoms with E-state index in [9.17, 15) is 5.72 Å². The molecule has 0 unspecified atom stereocenters. The van der Waals surface area contributed by atoms with E-state index in [1.54, 1.807) is 12.1 Å². The summed E-state index contributed by atoms with van der Waals surface area (Å²) in [4.78, 5) is 0. The average molecular weight is 276 g/mol. The Kier molecular flexibility index (Phi) is 2.85. The molecule has 0 aliphatic heterocycles. The summed E-state index contributed by atoms with van der Waals surface area (Å²) >= 11 is 1.68. The molecule has 1 aromatic rings. The summed E-state index contributed by atoms with van der Waals surface area (Å²) in [5.41, 5.74) is 0. The molecule has 0 spiro atoms. The Bertz CT molecular complexity index is 227. The van der Waals surface area contributed by atoms with Crippen LogP contribution >= 0.6 is 32.6 Å². The summed E-state index contributed by atoms with van der Waals surface area (Å²) in [6.45, 7) is 0. The predicted molar refractivity (Wildman–Crippen MR) is 46.4 cm³/mol. The van der Waals surface area contributed by atoms with Crippen LogP contribution in [0.2, 0.25) is 5.02 Å². The van der Waals surface area contributed by atoms with Crippen LogP contribution in [0.5, 0.6) is 0 Å². The van der Waals surface area contributed by atoms with Crippen LogP contribution in [0.4, 0.5) is 5.72 Å². The second-order valence-electron chi connectivity index (χ2n) is 1.64. The van der Waals surface area contributed by atoms with Gasteiger partial charge in [0.15, 0.2) is 0 Å². The first-order valence-corrected chi connectivity index (χ1v) is 5.57. The molecule has 0 aliphatic rings. The number of halogens is 4. The first-order chi connectivity index (χ1) is 4.70. The normalized spacial score (nSPS) is 11.3. The Balaban J connectivity index is 2.96. The van der Waals surface area contributed by atoms with Crippen LogP contribution in [0.15, 0.2) is 24.3 Å². The van der Waals surface area contributed by atoms with Crippen molar-refractivity contribution >= 4 is 32.6 Å². The van der Waals surface area contributed by atoms with Crippen molar-refractivity contribution < 1.29 is 5.72 Å². The van der Waals surface area contributed by atoms with Gasteiger partial charge in [0.05, 0.1) is 0 Å². The molecular weight excluding hydrogens is 272 g/mol. The van der Waals surface area contributed by atoms with Gasteiger partial charge in [-0.2, -0.15) is 0 Å². The Morgan fingerprint density at radius 1 is 1.30 bits per heavy atom. The number of hydrogen-bond acceptors (Lipinski definition) is 0. The van der Waals surface area contributed by atoms with Gasteiger partial charge in [-0.1, -0.05) is 0 Å². The maximum absolute atomic E-state index is 12.0. The van der Waals surface area contributed by atoms with Gasteiger partial charge < -0.3 is 0 Å². The van der Waals surface area contributed by atoms with Crippen LogP contribution < -0.4 is 0 Å². The minimum atomic E-state index is -3.80. The van der Waals surface area contributed by atoms with E-state index in [0.717, 1.165) is 0 Å². The van der Waals surface area contributed by atoms with Crippen molar-refractivity contribution in [2.24, 2.45) is 0 Å². The molecule has 1 rings (SSSR count). The molecule has 0 nitrogen and oxygen atoms in total. The van der Waals surface area contributed by atoms with E-state index >= 15 is 0 Å². The van der Waals surface area contributed by atoms with E-state index < -0.39 is 21.0 Å². The summed E-state index contributed by atoms with van der Waals surface area (Å²) in [5, 5.41) is 0.384. The van der Waals surface area contributed by atoms with Crippen molar-refractivity contribution in [2.45, 2.75) is 0 Å². The van der Waals surface area contributed by atoms with Crippen LogP contribution in [0, 0.1) is 3.57 Å². The minimum absolute atomic E-state index is 0.122. The molecule has 56 valence electrons. The molecule has 0 fully saturated rings. The average Bonchev–Trinajstić information content (AvgIpc) is 1.88. The zero-order chi connectivity index (χ0) is 7.56. The van der Waals surface area contributed by atoms with Crippen LogP contribution in [0.3, 0.4) is 0 Å². The summed E-state index contributed by atoms with van der Waals surface area (Å²) in [5.74, 6) is 0. The van der Waals surface area contributed by atoms with E-state index in [1.807, 2.05) is 0 Å². The summed E-state index contributed by atoms with van der Waals surface area (Å²) < 4.78 is 24.2. The van der Waals surface area contributed by atoms with Gasteiger partial charge in [0.1, 0.15) is 0 Å². The molecule has 0 heterocycles. The van der Waals surface area contributed by atoms with Crippen molar-refractivity contribution in [1.82, 2.24) is 0 Å². The van der Waals surface area contributed by atoms with Crippen LogP contribution in [0.1, 0.15) is 0 Å². The van der Waals surface area contributed by atoms with Crippen molar-refractivity contribution in [3.05, 3.63) is 32.9 Å². The molecule has 0 saturated carbocycles. The maximum atomic E-state index is 12.0. The van der Waals surface area contributed by atoms with Gasteiger partial charge in [0.2, 0.25) is 0 Å². The monoisotopic (exact) mass is 276 g/mol. The standard InChI is InChI=1S/C6H4ClF2I/c7-5-2-1-3-6(4-5)10(8)9/h1-4H. The second kappa shape index (κ2) is 3.48. The van der Waals surface area contributed by atoms with Gasteiger partial charge in [-0.25, -0.2) is 0 Å². The number of hydrogen-bond donors (Lipinski definition) is 0. The fraction of sp³-hybridized carbons (Fsp3) is 0.